The Kier molecular flexibility index (Phi) is 6.04. The standard InChI is InChI=1S/C22H16ClNO5/c1-13-11-19(26)20(22(28)29-13)18(25)10-9-14-5-4-6-15(12-14)24-21(27)16-7-2-3-8-17(16)23/h2-12,20H,1H3,(H,24,27)/b10-9+. The molecular weight excluding hydrogens is 394 g/mol. The highest BCUT2D eigenvalue weighted by Crippen LogP contribution is 2.19. The van der Waals surface area contributed by atoms with Crippen LogP contribution in [0.25, 0.3) is 6.08 Å². The SMILES string of the molecule is CC1=CC(=O)C(C(=O)/C=C/c2cccc(NC(=O)c3ccccc3Cl)c2)C(=O)O1. The van der Waals surface area contributed by atoms with E-state index >= 15 is 0 Å². The van der Waals surface area contributed by atoms with Crippen LogP contribution in [-0.2, 0) is 19.1 Å². The summed E-state index contributed by atoms with van der Waals surface area (Å²) < 4.78 is 4.85. The lowest BCUT2D eigenvalue weighted by atomic mass is 9.96. The number of rotatable bonds is 5. The third-order valence-electron chi connectivity index (χ3n) is 4.11. The number of amides is 1. The summed E-state index contributed by atoms with van der Waals surface area (Å²) >= 11 is 6.03. The van der Waals surface area contributed by atoms with E-state index in [4.69, 9.17) is 16.3 Å². The van der Waals surface area contributed by atoms with Gasteiger partial charge in [0.25, 0.3) is 5.91 Å². The molecule has 146 valence electrons. The minimum absolute atomic E-state index is 0.162. The number of halogens is 1. The molecule has 1 N–H and O–H groups in total. The molecule has 1 aliphatic heterocycles. The van der Waals surface area contributed by atoms with Crippen LogP contribution in [0.4, 0.5) is 5.69 Å². The van der Waals surface area contributed by atoms with Gasteiger partial charge in [-0.2, -0.15) is 0 Å². The number of benzene rings is 2. The molecule has 1 amide bonds. The highest BCUT2D eigenvalue weighted by atomic mass is 35.5. The molecule has 0 saturated carbocycles. The number of cyclic esters (lactones) is 1. The maximum absolute atomic E-state index is 12.4. The van der Waals surface area contributed by atoms with Crippen molar-refractivity contribution in [3.8, 4) is 0 Å². The number of hydrogen-bond donors (Lipinski definition) is 1. The Balaban J connectivity index is 1.72. The first kappa shape index (κ1) is 20.2. The van der Waals surface area contributed by atoms with Crippen LogP contribution in [0.1, 0.15) is 22.8 Å². The van der Waals surface area contributed by atoms with Crippen molar-refractivity contribution < 1.29 is 23.9 Å². The Hall–Kier alpha value is -3.51. The van der Waals surface area contributed by atoms with Crippen molar-refractivity contribution >= 4 is 46.8 Å². The number of carbonyl (C=O) groups is 4. The molecule has 0 bridgehead atoms. The summed E-state index contributed by atoms with van der Waals surface area (Å²) in [6, 6.07) is 13.4. The molecule has 1 aliphatic rings. The lowest BCUT2D eigenvalue weighted by Crippen LogP contribution is -2.34. The van der Waals surface area contributed by atoms with Crippen molar-refractivity contribution in [3.63, 3.8) is 0 Å². The number of hydrogen-bond acceptors (Lipinski definition) is 5. The van der Waals surface area contributed by atoms with Gasteiger partial charge in [-0.3, -0.25) is 19.2 Å². The first-order valence-electron chi connectivity index (χ1n) is 8.67. The second-order valence-corrected chi connectivity index (χ2v) is 6.71. The summed E-state index contributed by atoms with van der Waals surface area (Å²) in [5.74, 6) is -3.85. The molecule has 1 atom stereocenters. The number of anilines is 1. The van der Waals surface area contributed by atoms with Crippen LogP contribution in [0.15, 0.2) is 66.4 Å². The molecule has 0 radical (unpaired) electrons. The quantitative estimate of drug-likeness (QED) is 0.460. The van der Waals surface area contributed by atoms with Crippen LogP contribution in [-0.4, -0.2) is 23.4 Å². The number of carbonyl (C=O) groups excluding carboxylic acids is 4. The summed E-state index contributed by atoms with van der Waals surface area (Å²) in [5, 5.41) is 3.06. The molecule has 29 heavy (non-hydrogen) atoms. The van der Waals surface area contributed by atoms with Gasteiger partial charge in [0.15, 0.2) is 17.5 Å². The molecule has 0 saturated heterocycles. The van der Waals surface area contributed by atoms with E-state index in [0.29, 0.717) is 21.8 Å². The first-order valence-corrected chi connectivity index (χ1v) is 9.04. The fourth-order valence-corrected chi connectivity index (χ4v) is 2.96. The molecule has 0 aromatic heterocycles. The third-order valence-corrected chi connectivity index (χ3v) is 4.44. The number of allylic oxidation sites excluding steroid dienone is 3. The number of ether oxygens (including phenoxy) is 1. The Bertz CT molecular complexity index is 1070. The van der Waals surface area contributed by atoms with E-state index < -0.39 is 23.5 Å². The van der Waals surface area contributed by atoms with Gasteiger partial charge in [-0.25, -0.2) is 0 Å². The van der Waals surface area contributed by atoms with Crippen LogP contribution in [0, 0.1) is 5.92 Å². The van der Waals surface area contributed by atoms with Gasteiger partial charge in [0.2, 0.25) is 0 Å². The van der Waals surface area contributed by atoms with Crippen molar-refractivity contribution in [1.29, 1.82) is 0 Å². The van der Waals surface area contributed by atoms with E-state index in [1.54, 1.807) is 48.5 Å². The lowest BCUT2D eigenvalue weighted by molar-refractivity contribution is -0.151. The van der Waals surface area contributed by atoms with Crippen LogP contribution >= 0.6 is 11.6 Å². The van der Waals surface area contributed by atoms with Crippen LogP contribution in [0.5, 0.6) is 0 Å². The van der Waals surface area contributed by atoms with E-state index in [2.05, 4.69) is 5.32 Å². The molecule has 7 heteroatoms. The molecule has 1 unspecified atom stereocenters. The molecule has 0 aliphatic carbocycles. The minimum atomic E-state index is -1.49. The Morgan fingerprint density at radius 2 is 1.86 bits per heavy atom. The molecule has 1 heterocycles. The van der Waals surface area contributed by atoms with Crippen LogP contribution in [0.2, 0.25) is 5.02 Å². The summed E-state index contributed by atoms with van der Waals surface area (Å²) in [6.07, 6.45) is 3.73. The van der Waals surface area contributed by atoms with E-state index in [1.165, 1.54) is 13.0 Å². The Morgan fingerprint density at radius 3 is 2.59 bits per heavy atom. The smallest absolute Gasteiger partial charge is 0.329 e. The molecule has 2 aromatic carbocycles. The summed E-state index contributed by atoms with van der Waals surface area (Å²) in [4.78, 5) is 48.3. The van der Waals surface area contributed by atoms with Gasteiger partial charge in [-0.1, -0.05) is 41.9 Å². The second kappa shape index (κ2) is 8.67. The fraction of sp³-hybridized carbons (Fsp3) is 0.0909. The topological polar surface area (TPSA) is 89.5 Å². The van der Waals surface area contributed by atoms with Crippen LogP contribution in [0.3, 0.4) is 0 Å². The molecule has 2 aromatic rings. The second-order valence-electron chi connectivity index (χ2n) is 6.31. The van der Waals surface area contributed by atoms with Crippen molar-refractivity contribution in [3.05, 3.63) is 82.6 Å². The maximum Gasteiger partial charge on any atom is 0.329 e. The van der Waals surface area contributed by atoms with Crippen molar-refractivity contribution in [2.24, 2.45) is 5.92 Å². The molecule has 6 nitrogen and oxygen atoms in total. The van der Waals surface area contributed by atoms with Crippen molar-refractivity contribution in [1.82, 2.24) is 0 Å². The first-order chi connectivity index (χ1) is 13.8. The largest absolute Gasteiger partial charge is 0.430 e. The minimum Gasteiger partial charge on any atom is -0.430 e. The van der Waals surface area contributed by atoms with Gasteiger partial charge in [-0.15, -0.1) is 0 Å². The zero-order valence-corrected chi connectivity index (χ0v) is 16.1. The van der Waals surface area contributed by atoms with Gasteiger partial charge in [0.1, 0.15) is 5.76 Å². The normalized spacial score (nSPS) is 16.3. The monoisotopic (exact) mass is 409 g/mol. The van der Waals surface area contributed by atoms with E-state index in [0.717, 1.165) is 12.2 Å². The number of nitrogens with one attached hydrogen (secondary N) is 1. The third kappa shape index (κ3) is 4.86. The van der Waals surface area contributed by atoms with Gasteiger partial charge in [0, 0.05) is 11.8 Å². The fourth-order valence-electron chi connectivity index (χ4n) is 2.74. The van der Waals surface area contributed by atoms with Gasteiger partial charge < -0.3 is 10.1 Å². The average molecular weight is 410 g/mol. The number of ketones is 2. The van der Waals surface area contributed by atoms with Crippen LogP contribution < -0.4 is 5.32 Å². The molecule has 3 rings (SSSR count). The maximum atomic E-state index is 12.4. The van der Waals surface area contributed by atoms with E-state index in [-0.39, 0.29) is 11.7 Å². The average Bonchev–Trinajstić information content (AvgIpc) is 2.66. The van der Waals surface area contributed by atoms with Gasteiger partial charge >= 0.3 is 5.97 Å². The molecule has 0 fully saturated rings. The van der Waals surface area contributed by atoms with E-state index in [1.807, 2.05) is 0 Å². The van der Waals surface area contributed by atoms with E-state index in [9.17, 15) is 19.2 Å². The summed E-state index contributed by atoms with van der Waals surface area (Å²) in [7, 11) is 0. The highest BCUT2D eigenvalue weighted by Gasteiger charge is 2.36. The highest BCUT2D eigenvalue weighted by molar-refractivity contribution is 6.34. The Morgan fingerprint density at radius 1 is 1.10 bits per heavy atom. The summed E-state index contributed by atoms with van der Waals surface area (Å²) in [5.41, 5.74) is 1.43. The van der Waals surface area contributed by atoms with Crippen molar-refractivity contribution in [2.45, 2.75) is 6.92 Å². The Labute approximate surface area is 171 Å². The van der Waals surface area contributed by atoms with Gasteiger partial charge in [0.05, 0.1) is 10.6 Å². The number of esters is 1. The zero-order valence-electron chi connectivity index (χ0n) is 15.3. The van der Waals surface area contributed by atoms with Crippen molar-refractivity contribution in [2.75, 3.05) is 5.32 Å². The molecule has 0 spiro atoms. The predicted molar refractivity (Wildman–Crippen MR) is 108 cm³/mol. The molecular formula is C22H16ClNO5. The summed E-state index contributed by atoms with van der Waals surface area (Å²) in [6.45, 7) is 1.47. The predicted octanol–water partition coefficient (Wildman–Crippen LogP) is 3.82. The zero-order chi connectivity index (χ0) is 21.0. The lowest BCUT2D eigenvalue weighted by Gasteiger charge is -2.15. The van der Waals surface area contributed by atoms with Gasteiger partial charge in [-0.05, 0) is 42.8 Å².